The normalized spacial score (nSPS) is 10.8. The van der Waals surface area contributed by atoms with Crippen LogP contribution in [-0.2, 0) is 6.54 Å². The zero-order chi connectivity index (χ0) is 15.6. The molecule has 0 unspecified atom stereocenters. The lowest BCUT2D eigenvalue weighted by atomic mass is 10.1. The zero-order valence-electron chi connectivity index (χ0n) is 12.7. The predicted octanol–water partition coefficient (Wildman–Crippen LogP) is 4.40. The van der Waals surface area contributed by atoms with Crippen LogP contribution in [0.1, 0.15) is 22.3 Å². The van der Waals surface area contributed by atoms with Crippen molar-refractivity contribution in [3.05, 3.63) is 58.2 Å². The maximum Gasteiger partial charge on any atom is 0.198 e. The van der Waals surface area contributed by atoms with Gasteiger partial charge in [0.25, 0.3) is 0 Å². The molecule has 0 aliphatic heterocycles. The molecular formula is C17H19F2NO. The molecule has 0 bridgehead atoms. The maximum atomic E-state index is 14.1. The second-order valence-electron chi connectivity index (χ2n) is 5.17. The second kappa shape index (κ2) is 6.22. The third-order valence-corrected chi connectivity index (χ3v) is 3.52. The highest BCUT2D eigenvalue weighted by atomic mass is 19.1. The van der Waals surface area contributed by atoms with E-state index in [4.69, 9.17) is 4.74 Å². The molecule has 2 rings (SSSR count). The minimum absolute atomic E-state index is 0.355. The molecule has 0 heterocycles. The van der Waals surface area contributed by atoms with Gasteiger partial charge in [-0.25, -0.2) is 8.78 Å². The highest BCUT2D eigenvalue weighted by Crippen LogP contribution is 2.34. The molecule has 112 valence electrons. The summed E-state index contributed by atoms with van der Waals surface area (Å²) in [5, 5.41) is 2.86. The average molecular weight is 291 g/mol. The molecule has 4 heteroatoms. The minimum Gasteiger partial charge on any atom is -0.451 e. The van der Waals surface area contributed by atoms with Crippen LogP contribution in [-0.4, -0.2) is 7.05 Å². The van der Waals surface area contributed by atoms with Gasteiger partial charge in [-0.2, -0.15) is 0 Å². The number of benzene rings is 2. The fourth-order valence-electron chi connectivity index (χ4n) is 2.20. The Kier molecular flexibility index (Phi) is 4.58. The Labute approximate surface area is 123 Å². The molecule has 0 aliphatic carbocycles. The maximum absolute atomic E-state index is 14.1. The van der Waals surface area contributed by atoms with Crippen LogP contribution < -0.4 is 10.1 Å². The van der Waals surface area contributed by atoms with Crippen molar-refractivity contribution in [3.8, 4) is 11.5 Å². The van der Waals surface area contributed by atoms with Gasteiger partial charge in [-0.1, -0.05) is 12.1 Å². The van der Waals surface area contributed by atoms with E-state index >= 15 is 0 Å². The van der Waals surface area contributed by atoms with Crippen LogP contribution in [0.5, 0.6) is 11.5 Å². The molecule has 21 heavy (non-hydrogen) atoms. The van der Waals surface area contributed by atoms with Crippen molar-refractivity contribution in [2.24, 2.45) is 0 Å². The Morgan fingerprint density at radius 1 is 0.952 bits per heavy atom. The fraction of sp³-hybridized carbons (Fsp3) is 0.294. The van der Waals surface area contributed by atoms with Gasteiger partial charge in [-0.05, 0) is 62.2 Å². The van der Waals surface area contributed by atoms with E-state index in [0.717, 1.165) is 16.7 Å². The van der Waals surface area contributed by atoms with Crippen molar-refractivity contribution >= 4 is 0 Å². The van der Waals surface area contributed by atoms with Crippen LogP contribution in [0.3, 0.4) is 0 Å². The lowest BCUT2D eigenvalue weighted by Gasteiger charge is -2.15. The topological polar surface area (TPSA) is 21.3 Å². The van der Waals surface area contributed by atoms with Gasteiger partial charge in [-0.3, -0.25) is 0 Å². The van der Waals surface area contributed by atoms with E-state index in [1.165, 1.54) is 12.1 Å². The molecule has 0 saturated heterocycles. The number of hydrogen-bond donors (Lipinski definition) is 1. The van der Waals surface area contributed by atoms with Gasteiger partial charge in [0.05, 0.1) is 0 Å². The van der Waals surface area contributed by atoms with Crippen LogP contribution in [0.25, 0.3) is 0 Å². The summed E-state index contributed by atoms with van der Waals surface area (Å²) in [6.45, 7) is 6.07. The summed E-state index contributed by atoms with van der Waals surface area (Å²) in [5.41, 5.74) is 3.28. The highest BCUT2D eigenvalue weighted by Gasteiger charge is 2.16. The average Bonchev–Trinajstić information content (AvgIpc) is 2.42. The molecule has 0 spiro atoms. The minimum atomic E-state index is -0.694. The molecule has 0 aromatic heterocycles. The third kappa shape index (κ3) is 3.22. The summed E-state index contributed by atoms with van der Waals surface area (Å²) in [6.07, 6.45) is 0. The first-order valence-corrected chi connectivity index (χ1v) is 6.81. The van der Waals surface area contributed by atoms with E-state index in [2.05, 4.69) is 5.32 Å². The van der Waals surface area contributed by atoms with Crippen molar-refractivity contribution in [2.45, 2.75) is 27.3 Å². The number of rotatable bonds is 4. The van der Waals surface area contributed by atoms with E-state index in [0.29, 0.717) is 17.9 Å². The lowest BCUT2D eigenvalue weighted by Crippen LogP contribution is -2.06. The second-order valence-corrected chi connectivity index (χ2v) is 5.17. The van der Waals surface area contributed by atoms with Crippen molar-refractivity contribution in [3.63, 3.8) is 0 Å². The Balaban J connectivity index is 2.43. The molecule has 0 fully saturated rings. The quantitative estimate of drug-likeness (QED) is 0.901. The van der Waals surface area contributed by atoms with Crippen LogP contribution >= 0.6 is 0 Å². The Morgan fingerprint density at radius 3 is 2.10 bits per heavy atom. The van der Waals surface area contributed by atoms with Crippen LogP contribution in [0.15, 0.2) is 24.3 Å². The summed E-state index contributed by atoms with van der Waals surface area (Å²) in [5.74, 6) is -1.23. The first-order valence-electron chi connectivity index (χ1n) is 6.81. The molecule has 0 aliphatic rings. The molecule has 0 atom stereocenters. The van der Waals surface area contributed by atoms with Gasteiger partial charge in [0, 0.05) is 6.54 Å². The van der Waals surface area contributed by atoms with Crippen LogP contribution in [0, 0.1) is 32.4 Å². The first kappa shape index (κ1) is 15.4. The molecule has 0 radical (unpaired) electrons. The predicted molar refractivity (Wildman–Crippen MR) is 79.8 cm³/mol. The van der Waals surface area contributed by atoms with E-state index in [1.807, 2.05) is 32.9 Å². The zero-order valence-corrected chi connectivity index (χ0v) is 12.7. The van der Waals surface area contributed by atoms with Crippen molar-refractivity contribution in [1.82, 2.24) is 5.32 Å². The monoisotopic (exact) mass is 291 g/mol. The largest absolute Gasteiger partial charge is 0.451 e. The molecule has 2 nitrogen and oxygen atoms in total. The van der Waals surface area contributed by atoms with Gasteiger partial charge in [0.1, 0.15) is 5.75 Å². The summed E-state index contributed by atoms with van der Waals surface area (Å²) in [6, 6.07) is 6.41. The Morgan fingerprint density at radius 2 is 1.52 bits per heavy atom. The van der Waals surface area contributed by atoms with E-state index in [1.54, 1.807) is 7.05 Å². The SMILES string of the molecule is CNCc1cc(F)c(Oc2c(C)ccc(C)c2C)c(F)c1. The Bertz CT molecular complexity index is 645. The standard InChI is InChI=1S/C17H19F2NO/c1-10-5-6-11(2)16(12(10)3)21-17-14(18)7-13(9-20-4)8-15(17)19/h5-8,20H,9H2,1-4H3. The van der Waals surface area contributed by atoms with Crippen molar-refractivity contribution in [1.29, 1.82) is 0 Å². The lowest BCUT2D eigenvalue weighted by molar-refractivity contribution is 0.402. The molecule has 0 saturated carbocycles. The fourth-order valence-corrected chi connectivity index (χ4v) is 2.20. The van der Waals surface area contributed by atoms with Gasteiger partial charge in [0.15, 0.2) is 17.4 Å². The van der Waals surface area contributed by atoms with Crippen molar-refractivity contribution in [2.75, 3.05) is 7.05 Å². The number of hydrogen-bond acceptors (Lipinski definition) is 2. The van der Waals surface area contributed by atoms with Gasteiger partial charge in [-0.15, -0.1) is 0 Å². The number of halogens is 2. The summed E-state index contributed by atoms with van der Waals surface area (Å²) in [4.78, 5) is 0. The smallest absolute Gasteiger partial charge is 0.198 e. The van der Waals surface area contributed by atoms with E-state index in [9.17, 15) is 8.78 Å². The van der Waals surface area contributed by atoms with E-state index in [-0.39, 0.29) is 5.75 Å². The van der Waals surface area contributed by atoms with Gasteiger partial charge in [0.2, 0.25) is 0 Å². The van der Waals surface area contributed by atoms with Crippen molar-refractivity contribution < 1.29 is 13.5 Å². The third-order valence-electron chi connectivity index (χ3n) is 3.52. The summed E-state index contributed by atoms with van der Waals surface area (Å²) in [7, 11) is 1.72. The van der Waals surface area contributed by atoms with Crippen LogP contribution in [0.2, 0.25) is 0 Å². The summed E-state index contributed by atoms with van der Waals surface area (Å²) < 4.78 is 33.7. The van der Waals surface area contributed by atoms with Gasteiger partial charge >= 0.3 is 0 Å². The molecule has 2 aromatic carbocycles. The first-order chi connectivity index (χ1) is 9.93. The number of aryl methyl sites for hydroxylation is 2. The summed E-state index contributed by atoms with van der Waals surface area (Å²) >= 11 is 0. The number of ether oxygens (including phenoxy) is 1. The van der Waals surface area contributed by atoms with Gasteiger partial charge < -0.3 is 10.1 Å². The molecule has 1 N–H and O–H groups in total. The number of nitrogens with one attached hydrogen (secondary N) is 1. The molecule has 0 amide bonds. The highest BCUT2D eigenvalue weighted by molar-refractivity contribution is 5.47. The Hall–Kier alpha value is -1.94. The molecule has 2 aromatic rings. The van der Waals surface area contributed by atoms with E-state index < -0.39 is 11.6 Å². The van der Waals surface area contributed by atoms with Crippen LogP contribution in [0.4, 0.5) is 8.78 Å². The molecular weight excluding hydrogens is 272 g/mol.